The van der Waals surface area contributed by atoms with E-state index in [9.17, 15) is 13.2 Å². The molecule has 0 aliphatic heterocycles. The van der Waals surface area contributed by atoms with Crippen LogP contribution in [-0.2, 0) is 22.2 Å². The minimum Gasteiger partial charge on any atom is -0.382 e. The fourth-order valence-corrected chi connectivity index (χ4v) is 1.78. The van der Waals surface area contributed by atoms with Crippen molar-refractivity contribution in [2.24, 2.45) is 5.73 Å². The molecule has 114 valence electrons. The van der Waals surface area contributed by atoms with Crippen molar-refractivity contribution in [3.8, 4) is 0 Å². The molecule has 0 amide bonds. The van der Waals surface area contributed by atoms with Gasteiger partial charge in [-0.1, -0.05) is 0 Å². The summed E-state index contributed by atoms with van der Waals surface area (Å²) in [5, 5.41) is 3.01. The first-order valence-electron chi connectivity index (χ1n) is 6.08. The van der Waals surface area contributed by atoms with Gasteiger partial charge in [0.05, 0.1) is 18.3 Å². The van der Waals surface area contributed by atoms with E-state index in [4.69, 9.17) is 15.2 Å². The second-order valence-electron chi connectivity index (χ2n) is 4.27. The SMILES string of the molecule is COCC(CNc1ccc(C(F)(F)F)c(CN)c1)OC. The van der Waals surface area contributed by atoms with Crippen LogP contribution in [0.5, 0.6) is 0 Å². The second-order valence-corrected chi connectivity index (χ2v) is 4.27. The maximum absolute atomic E-state index is 12.7. The number of nitrogens with one attached hydrogen (secondary N) is 1. The van der Waals surface area contributed by atoms with Crippen LogP contribution in [0.25, 0.3) is 0 Å². The highest BCUT2D eigenvalue weighted by Gasteiger charge is 2.32. The van der Waals surface area contributed by atoms with E-state index in [1.54, 1.807) is 14.2 Å². The number of benzene rings is 1. The molecule has 3 N–H and O–H groups in total. The average Bonchev–Trinajstić information content (AvgIpc) is 2.41. The Kier molecular flexibility index (Phi) is 6.25. The number of alkyl halides is 3. The summed E-state index contributed by atoms with van der Waals surface area (Å²) < 4.78 is 48.3. The summed E-state index contributed by atoms with van der Waals surface area (Å²) in [5.74, 6) is 0. The minimum atomic E-state index is -4.39. The van der Waals surface area contributed by atoms with Gasteiger partial charge in [0.25, 0.3) is 0 Å². The van der Waals surface area contributed by atoms with Crippen LogP contribution in [0.15, 0.2) is 18.2 Å². The molecule has 1 atom stereocenters. The van der Waals surface area contributed by atoms with E-state index >= 15 is 0 Å². The Morgan fingerprint density at radius 3 is 2.50 bits per heavy atom. The molecule has 0 radical (unpaired) electrons. The standard InChI is InChI=1S/C13H19F3N2O2/c1-19-8-11(20-2)7-18-10-3-4-12(13(14,15)16)9(5-10)6-17/h3-5,11,18H,6-8,17H2,1-2H3. The van der Waals surface area contributed by atoms with E-state index in [2.05, 4.69) is 5.32 Å². The van der Waals surface area contributed by atoms with Crippen LogP contribution in [0.1, 0.15) is 11.1 Å². The third-order valence-electron chi connectivity index (χ3n) is 2.85. The van der Waals surface area contributed by atoms with Crippen LogP contribution < -0.4 is 11.1 Å². The number of methoxy groups -OCH3 is 2. The Hall–Kier alpha value is -1.31. The molecule has 20 heavy (non-hydrogen) atoms. The van der Waals surface area contributed by atoms with E-state index in [0.29, 0.717) is 18.8 Å². The van der Waals surface area contributed by atoms with Gasteiger partial charge in [-0.2, -0.15) is 13.2 Å². The quantitative estimate of drug-likeness (QED) is 0.809. The lowest BCUT2D eigenvalue weighted by Crippen LogP contribution is -2.26. The summed E-state index contributed by atoms with van der Waals surface area (Å²) in [5.41, 5.74) is 5.30. The first kappa shape index (κ1) is 16.7. The molecule has 1 unspecified atom stereocenters. The summed E-state index contributed by atoms with van der Waals surface area (Å²) in [7, 11) is 3.10. The molecule has 0 saturated carbocycles. The van der Waals surface area contributed by atoms with Crippen LogP contribution in [0.4, 0.5) is 18.9 Å². The van der Waals surface area contributed by atoms with Crippen molar-refractivity contribution in [2.45, 2.75) is 18.8 Å². The zero-order valence-electron chi connectivity index (χ0n) is 11.5. The molecular weight excluding hydrogens is 273 g/mol. The van der Waals surface area contributed by atoms with Gasteiger partial charge in [-0.15, -0.1) is 0 Å². The number of hydrogen-bond acceptors (Lipinski definition) is 4. The summed E-state index contributed by atoms with van der Waals surface area (Å²) >= 11 is 0. The molecule has 0 aromatic heterocycles. The van der Waals surface area contributed by atoms with E-state index in [1.807, 2.05) is 0 Å². The van der Waals surface area contributed by atoms with Gasteiger partial charge >= 0.3 is 6.18 Å². The van der Waals surface area contributed by atoms with E-state index in [1.165, 1.54) is 12.1 Å². The summed E-state index contributed by atoms with van der Waals surface area (Å²) in [6, 6.07) is 3.81. The third kappa shape index (κ3) is 4.66. The molecular formula is C13H19F3N2O2. The first-order chi connectivity index (χ1) is 9.42. The Bertz CT molecular complexity index is 425. The highest BCUT2D eigenvalue weighted by Crippen LogP contribution is 2.33. The van der Waals surface area contributed by atoms with Gasteiger partial charge in [-0.25, -0.2) is 0 Å². The number of anilines is 1. The topological polar surface area (TPSA) is 56.5 Å². The van der Waals surface area contributed by atoms with Crippen molar-refractivity contribution in [1.82, 2.24) is 0 Å². The summed E-state index contributed by atoms with van der Waals surface area (Å²) in [6.07, 6.45) is -4.57. The van der Waals surface area contributed by atoms with Crippen molar-refractivity contribution in [1.29, 1.82) is 0 Å². The lowest BCUT2D eigenvalue weighted by molar-refractivity contribution is -0.138. The van der Waals surface area contributed by atoms with E-state index in [0.717, 1.165) is 6.07 Å². The van der Waals surface area contributed by atoms with Gasteiger partial charge in [-0.05, 0) is 23.8 Å². The lowest BCUT2D eigenvalue weighted by Gasteiger charge is -2.17. The fourth-order valence-electron chi connectivity index (χ4n) is 1.78. The fraction of sp³-hybridized carbons (Fsp3) is 0.538. The summed E-state index contributed by atoms with van der Waals surface area (Å²) in [6.45, 7) is 0.656. The minimum absolute atomic E-state index is 0.0585. The predicted octanol–water partition coefficient (Wildman–Crippen LogP) is 2.24. The van der Waals surface area contributed by atoms with Crippen molar-refractivity contribution in [3.05, 3.63) is 29.3 Å². The maximum Gasteiger partial charge on any atom is 0.416 e. The van der Waals surface area contributed by atoms with Crippen LogP contribution in [0.3, 0.4) is 0 Å². The normalized spacial score (nSPS) is 13.3. The molecule has 0 heterocycles. The predicted molar refractivity (Wildman–Crippen MR) is 70.5 cm³/mol. The largest absolute Gasteiger partial charge is 0.416 e. The van der Waals surface area contributed by atoms with Crippen molar-refractivity contribution < 1.29 is 22.6 Å². The van der Waals surface area contributed by atoms with Crippen LogP contribution in [0.2, 0.25) is 0 Å². The van der Waals surface area contributed by atoms with Gasteiger partial charge in [0.15, 0.2) is 0 Å². The van der Waals surface area contributed by atoms with Crippen molar-refractivity contribution in [2.75, 3.05) is 32.7 Å². The third-order valence-corrected chi connectivity index (χ3v) is 2.85. The van der Waals surface area contributed by atoms with Crippen molar-refractivity contribution >= 4 is 5.69 Å². The van der Waals surface area contributed by atoms with E-state index in [-0.39, 0.29) is 18.2 Å². The van der Waals surface area contributed by atoms with Crippen LogP contribution in [-0.4, -0.2) is 33.5 Å². The number of ether oxygens (including phenoxy) is 2. The zero-order chi connectivity index (χ0) is 15.2. The number of nitrogens with two attached hydrogens (primary N) is 1. The molecule has 1 aromatic rings. The Morgan fingerprint density at radius 1 is 1.30 bits per heavy atom. The smallest absolute Gasteiger partial charge is 0.382 e. The van der Waals surface area contributed by atoms with Gasteiger partial charge in [0.2, 0.25) is 0 Å². The monoisotopic (exact) mass is 292 g/mol. The summed E-state index contributed by atoms with van der Waals surface area (Å²) in [4.78, 5) is 0. The molecule has 0 bridgehead atoms. The highest BCUT2D eigenvalue weighted by molar-refractivity contribution is 5.49. The molecule has 0 spiro atoms. The van der Waals surface area contributed by atoms with Gasteiger partial charge < -0.3 is 20.5 Å². The molecule has 0 fully saturated rings. The lowest BCUT2D eigenvalue weighted by atomic mass is 10.1. The Morgan fingerprint density at radius 2 is 2.00 bits per heavy atom. The van der Waals surface area contributed by atoms with Gasteiger partial charge in [0.1, 0.15) is 0 Å². The number of hydrogen-bond donors (Lipinski definition) is 2. The molecule has 1 aromatic carbocycles. The van der Waals surface area contributed by atoms with Crippen LogP contribution >= 0.6 is 0 Å². The second kappa shape index (κ2) is 7.47. The Balaban J connectivity index is 2.78. The average molecular weight is 292 g/mol. The molecule has 0 aliphatic rings. The first-order valence-corrected chi connectivity index (χ1v) is 6.08. The zero-order valence-corrected chi connectivity index (χ0v) is 11.5. The Labute approximate surface area is 116 Å². The highest BCUT2D eigenvalue weighted by atomic mass is 19.4. The molecule has 1 rings (SSSR count). The van der Waals surface area contributed by atoms with Gasteiger partial charge in [0, 0.05) is 33.0 Å². The van der Waals surface area contributed by atoms with Crippen molar-refractivity contribution in [3.63, 3.8) is 0 Å². The number of rotatable bonds is 7. The van der Waals surface area contributed by atoms with Gasteiger partial charge in [-0.3, -0.25) is 0 Å². The molecule has 7 heteroatoms. The maximum atomic E-state index is 12.7. The van der Waals surface area contributed by atoms with Crippen LogP contribution in [0, 0.1) is 0 Å². The molecule has 0 aliphatic carbocycles. The van der Waals surface area contributed by atoms with E-state index < -0.39 is 11.7 Å². The number of halogens is 3. The molecule has 0 saturated heterocycles. The molecule has 4 nitrogen and oxygen atoms in total.